The topological polar surface area (TPSA) is 40.5 Å². The van der Waals surface area contributed by atoms with Gasteiger partial charge < -0.3 is 5.11 Å². The first-order valence-corrected chi connectivity index (χ1v) is 7.62. The molecule has 1 N–H and O–H groups in total. The van der Waals surface area contributed by atoms with Crippen LogP contribution in [-0.4, -0.2) is 29.1 Å². The molecule has 3 nitrogen and oxygen atoms in total. The first-order valence-electron chi connectivity index (χ1n) is 7.24. The van der Waals surface area contributed by atoms with E-state index in [2.05, 4.69) is 17.0 Å². The van der Waals surface area contributed by atoms with E-state index in [0.29, 0.717) is 5.92 Å². The van der Waals surface area contributed by atoms with Gasteiger partial charge in [-0.25, -0.2) is 0 Å². The number of rotatable bonds is 5. The number of aliphatic carboxylic acids is 1. The highest BCUT2D eigenvalue weighted by Gasteiger charge is 2.23. The minimum absolute atomic E-state index is 0.220. The second-order valence-electron chi connectivity index (χ2n) is 5.82. The summed E-state index contributed by atoms with van der Waals surface area (Å²) in [4.78, 5) is 13.3. The molecule has 0 amide bonds. The largest absolute Gasteiger partial charge is 0.481 e. The number of carboxylic acids is 1. The van der Waals surface area contributed by atoms with Crippen molar-refractivity contribution in [2.75, 3.05) is 13.1 Å². The molecule has 1 heterocycles. The third-order valence-corrected chi connectivity index (χ3v) is 4.39. The summed E-state index contributed by atoms with van der Waals surface area (Å²) in [6.07, 6.45) is 3.01. The number of carbonyl (C=O) groups is 1. The highest BCUT2D eigenvalue weighted by molar-refractivity contribution is 6.30. The van der Waals surface area contributed by atoms with Gasteiger partial charge in [0, 0.05) is 11.6 Å². The summed E-state index contributed by atoms with van der Waals surface area (Å²) in [5.41, 5.74) is 1.28. The Hall–Kier alpha value is -1.06. The van der Waals surface area contributed by atoms with Crippen molar-refractivity contribution in [2.24, 2.45) is 11.8 Å². The first kappa shape index (κ1) is 15.3. The maximum atomic E-state index is 10.9. The molecule has 4 heteroatoms. The number of piperidine rings is 1. The van der Waals surface area contributed by atoms with Crippen molar-refractivity contribution < 1.29 is 9.90 Å². The molecule has 1 fully saturated rings. The fraction of sp³-hybridized carbons (Fsp3) is 0.562. The van der Waals surface area contributed by atoms with E-state index in [4.69, 9.17) is 16.7 Å². The zero-order valence-electron chi connectivity index (χ0n) is 11.9. The SMILES string of the molecule is CC(CC1CCN(Cc2ccc(Cl)cc2)CC1)C(=O)O. The lowest BCUT2D eigenvalue weighted by Crippen LogP contribution is -2.34. The molecule has 1 unspecified atom stereocenters. The van der Waals surface area contributed by atoms with Crippen molar-refractivity contribution >= 4 is 17.6 Å². The van der Waals surface area contributed by atoms with E-state index in [1.807, 2.05) is 19.1 Å². The highest BCUT2D eigenvalue weighted by Crippen LogP contribution is 2.25. The Morgan fingerprint density at radius 2 is 1.95 bits per heavy atom. The first-order chi connectivity index (χ1) is 9.54. The van der Waals surface area contributed by atoms with Gasteiger partial charge in [0.15, 0.2) is 0 Å². The minimum atomic E-state index is -0.673. The summed E-state index contributed by atoms with van der Waals surface area (Å²) in [5.74, 6) is -0.334. The van der Waals surface area contributed by atoms with Crippen LogP contribution in [-0.2, 0) is 11.3 Å². The zero-order valence-corrected chi connectivity index (χ0v) is 12.6. The highest BCUT2D eigenvalue weighted by atomic mass is 35.5. The molecule has 20 heavy (non-hydrogen) atoms. The molecule has 0 aliphatic carbocycles. The van der Waals surface area contributed by atoms with Crippen molar-refractivity contribution in [1.29, 1.82) is 0 Å². The monoisotopic (exact) mass is 295 g/mol. The fourth-order valence-corrected chi connectivity index (χ4v) is 2.96. The molecule has 1 aromatic carbocycles. The molecule has 2 rings (SSSR count). The van der Waals surface area contributed by atoms with Gasteiger partial charge in [-0.3, -0.25) is 9.69 Å². The van der Waals surface area contributed by atoms with Gasteiger partial charge >= 0.3 is 5.97 Å². The molecule has 1 aliphatic rings. The molecule has 0 bridgehead atoms. The van der Waals surface area contributed by atoms with Crippen molar-refractivity contribution in [3.8, 4) is 0 Å². The predicted molar refractivity (Wildman–Crippen MR) is 80.9 cm³/mol. The van der Waals surface area contributed by atoms with E-state index in [-0.39, 0.29) is 5.92 Å². The second kappa shape index (κ2) is 7.09. The van der Waals surface area contributed by atoms with Crippen molar-refractivity contribution in [3.05, 3.63) is 34.9 Å². The number of benzene rings is 1. The lowest BCUT2D eigenvalue weighted by atomic mass is 9.88. The van der Waals surface area contributed by atoms with E-state index < -0.39 is 5.97 Å². The summed E-state index contributed by atoms with van der Waals surface area (Å²) >= 11 is 5.89. The summed E-state index contributed by atoms with van der Waals surface area (Å²) in [6, 6.07) is 8.00. The molecular weight excluding hydrogens is 274 g/mol. The molecule has 0 spiro atoms. The Kier molecular flexibility index (Phi) is 5.44. The van der Waals surface area contributed by atoms with Crippen molar-refractivity contribution in [3.63, 3.8) is 0 Å². The molecule has 1 aliphatic heterocycles. The third-order valence-electron chi connectivity index (χ3n) is 4.14. The van der Waals surface area contributed by atoms with Gasteiger partial charge in [0.2, 0.25) is 0 Å². The van der Waals surface area contributed by atoms with Gasteiger partial charge in [0.1, 0.15) is 0 Å². The summed E-state index contributed by atoms with van der Waals surface area (Å²) in [6.45, 7) is 4.88. The Morgan fingerprint density at radius 1 is 1.35 bits per heavy atom. The number of nitrogens with zero attached hydrogens (tertiary/aromatic N) is 1. The van der Waals surface area contributed by atoms with Crippen molar-refractivity contribution in [2.45, 2.75) is 32.7 Å². The van der Waals surface area contributed by atoms with Crippen LogP contribution < -0.4 is 0 Å². The number of halogens is 1. The Morgan fingerprint density at radius 3 is 2.50 bits per heavy atom. The second-order valence-corrected chi connectivity index (χ2v) is 6.26. The van der Waals surface area contributed by atoms with E-state index in [9.17, 15) is 4.79 Å². The summed E-state index contributed by atoms with van der Waals surface area (Å²) in [7, 11) is 0. The maximum absolute atomic E-state index is 10.9. The van der Waals surface area contributed by atoms with Crippen molar-refractivity contribution in [1.82, 2.24) is 4.90 Å². The van der Waals surface area contributed by atoms with Crippen LogP contribution in [0.4, 0.5) is 0 Å². The van der Waals surface area contributed by atoms with Crippen LogP contribution in [0, 0.1) is 11.8 Å². The molecule has 1 aromatic rings. The average molecular weight is 296 g/mol. The van der Waals surface area contributed by atoms with E-state index >= 15 is 0 Å². The lowest BCUT2D eigenvalue weighted by Gasteiger charge is -2.32. The third kappa shape index (κ3) is 4.50. The Balaban J connectivity index is 1.76. The van der Waals surface area contributed by atoms with E-state index in [1.54, 1.807) is 0 Å². The maximum Gasteiger partial charge on any atom is 0.306 e. The lowest BCUT2D eigenvalue weighted by molar-refractivity contribution is -0.141. The van der Waals surface area contributed by atoms with Gasteiger partial charge in [-0.15, -0.1) is 0 Å². The molecule has 1 atom stereocenters. The average Bonchev–Trinajstić information content (AvgIpc) is 2.43. The standard InChI is InChI=1S/C16H22ClNO2/c1-12(16(19)20)10-13-6-8-18(9-7-13)11-14-2-4-15(17)5-3-14/h2-5,12-13H,6-11H2,1H3,(H,19,20). The van der Waals surface area contributed by atoms with Crippen LogP contribution in [0.1, 0.15) is 31.7 Å². The van der Waals surface area contributed by atoms with Crippen LogP contribution in [0.15, 0.2) is 24.3 Å². The molecule has 0 radical (unpaired) electrons. The predicted octanol–water partition coefficient (Wildman–Crippen LogP) is 3.66. The number of hydrogen-bond donors (Lipinski definition) is 1. The minimum Gasteiger partial charge on any atom is -0.481 e. The normalized spacial score (nSPS) is 18.9. The molecule has 0 saturated carbocycles. The number of carboxylic acid groups (broad SMARTS) is 1. The van der Waals surface area contributed by atoms with Gasteiger partial charge in [0.25, 0.3) is 0 Å². The van der Waals surface area contributed by atoms with Crippen LogP contribution in [0.25, 0.3) is 0 Å². The van der Waals surface area contributed by atoms with E-state index in [0.717, 1.165) is 43.9 Å². The summed E-state index contributed by atoms with van der Waals surface area (Å²) < 4.78 is 0. The quantitative estimate of drug-likeness (QED) is 0.901. The Labute approximate surface area is 125 Å². The zero-order chi connectivity index (χ0) is 14.5. The van der Waals surface area contributed by atoms with Crippen LogP contribution >= 0.6 is 11.6 Å². The van der Waals surface area contributed by atoms with E-state index in [1.165, 1.54) is 5.56 Å². The van der Waals surface area contributed by atoms with Gasteiger partial charge in [-0.1, -0.05) is 30.7 Å². The molecular formula is C16H22ClNO2. The Bertz CT molecular complexity index is 438. The fourth-order valence-electron chi connectivity index (χ4n) is 2.83. The van der Waals surface area contributed by atoms with Gasteiger partial charge in [-0.2, -0.15) is 0 Å². The molecule has 1 saturated heterocycles. The van der Waals surface area contributed by atoms with Crippen LogP contribution in [0.5, 0.6) is 0 Å². The molecule has 110 valence electrons. The molecule has 0 aromatic heterocycles. The summed E-state index contributed by atoms with van der Waals surface area (Å²) in [5, 5.41) is 9.73. The number of hydrogen-bond acceptors (Lipinski definition) is 2. The van der Waals surface area contributed by atoms with Crippen LogP contribution in [0.3, 0.4) is 0 Å². The van der Waals surface area contributed by atoms with Gasteiger partial charge in [0.05, 0.1) is 5.92 Å². The number of likely N-dealkylation sites (tertiary alicyclic amines) is 1. The van der Waals surface area contributed by atoms with Gasteiger partial charge in [-0.05, 0) is 56.0 Å². The smallest absolute Gasteiger partial charge is 0.306 e. The van der Waals surface area contributed by atoms with Crippen LogP contribution in [0.2, 0.25) is 5.02 Å².